The van der Waals surface area contributed by atoms with Crippen LogP contribution < -0.4 is 0 Å². The van der Waals surface area contributed by atoms with Gasteiger partial charge in [-0.05, 0) is 42.5 Å². The molecule has 28 heavy (non-hydrogen) atoms. The number of rotatable bonds is 8. The number of hydrogen-bond donors (Lipinski definition) is 0. The molecule has 0 bridgehead atoms. The lowest BCUT2D eigenvalue weighted by atomic mass is 10.2. The first-order chi connectivity index (χ1) is 13.8. The topological polar surface area (TPSA) is 0 Å². The maximum atomic E-state index is 2.26. The second-order valence-corrected chi connectivity index (χ2v) is 11.6. The molecule has 0 spiro atoms. The van der Waals surface area contributed by atoms with E-state index in [-0.39, 0.29) is 0 Å². The van der Waals surface area contributed by atoms with Crippen molar-refractivity contribution in [1.82, 2.24) is 0 Å². The largest absolute Gasteiger partial charge is 0.139 e. The Labute approximate surface area is 181 Å². The minimum atomic E-state index is 0.318. The van der Waals surface area contributed by atoms with E-state index in [1.165, 1.54) is 35.3 Å². The molecule has 3 heteroatoms. The minimum absolute atomic E-state index is 0.318. The van der Waals surface area contributed by atoms with E-state index in [4.69, 9.17) is 0 Å². The molecule has 0 aromatic heterocycles. The molecule has 1 fully saturated rings. The maximum Gasteiger partial charge on any atom is 0.0628 e. The Morgan fingerprint density at radius 3 is 1.71 bits per heavy atom. The molecule has 0 N–H and O–H groups in total. The van der Waals surface area contributed by atoms with Crippen LogP contribution in [0.15, 0.2) is 95.9 Å². The molecule has 0 heterocycles. The van der Waals surface area contributed by atoms with Crippen LogP contribution in [0.4, 0.5) is 0 Å². The normalized spacial score (nSPS) is 18.2. The first-order valence-corrected chi connectivity index (χ1v) is 12.7. The summed E-state index contributed by atoms with van der Waals surface area (Å²) in [5.41, 5.74) is 2.87. The van der Waals surface area contributed by atoms with Crippen LogP contribution in [0.1, 0.15) is 30.4 Å². The molecule has 1 saturated carbocycles. The van der Waals surface area contributed by atoms with E-state index in [0.29, 0.717) is 9.33 Å². The lowest BCUT2D eigenvalue weighted by Gasteiger charge is -2.29. The van der Waals surface area contributed by atoms with Gasteiger partial charge in [0.25, 0.3) is 0 Å². The van der Waals surface area contributed by atoms with Gasteiger partial charge in [-0.2, -0.15) is 0 Å². The van der Waals surface area contributed by atoms with Gasteiger partial charge in [-0.3, -0.25) is 0 Å². The molecule has 3 aromatic carbocycles. The number of benzene rings is 3. The molecule has 4 rings (SSSR count). The highest BCUT2D eigenvalue weighted by atomic mass is 32.2. The predicted octanol–water partition coefficient (Wildman–Crippen LogP) is 7.89. The van der Waals surface area contributed by atoms with Crippen molar-refractivity contribution in [1.29, 1.82) is 0 Å². The van der Waals surface area contributed by atoms with Crippen LogP contribution in [-0.2, 0) is 11.5 Å². The van der Waals surface area contributed by atoms with Gasteiger partial charge in [0.1, 0.15) is 0 Å². The van der Waals surface area contributed by atoms with E-state index >= 15 is 0 Å². The monoisotopic (exact) mass is 422 g/mol. The van der Waals surface area contributed by atoms with Crippen molar-refractivity contribution in [3.8, 4) is 0 Å². The second kappa shape index (κ2) is 9.96. The van der Waals surface area contributed by atoms with E-state index in [0.717, 1.165) is 11.5 Å². The van der Waals surface area contributed by atoms with Crippen molar-refractivity contribution in [2.75, 3.05) is 0 Å². The molecule has 0 nitrogen and oxygen atoms in total. The molecule has 1 atom stereocenters. The fourth-order valence-electron chi connectivity index (χ4n) is 3.61. The Kier molecular flexibility index (Phi) is 7.11. The van der Waals surface area contributed by atoms with Crippen molar-refractivity contribution < 1.29 is 0 Å². The summed E-state index contributed by atoms with van der Waals surface area (Å²) in [7, 11) is 0. The molecule has 0 aliphatic heterocycles. The van der Waals surface area contributed by atoms with Gasteiger partial charge in [0.15, 0.2) is 0 Å². The molecular weight excluding hydrogens is 396 g/mol. The average molecular weight is 423 g/mol. The van der Waals surface area contributed by atoms with Gasteiger partial charge in [0.2, 0.25) is 0 Å². The van der Waals surface area contributed by atoms with Crippen molar-refractivity contribution in [2.45, 2.75) is 45.0 Å². The predicted molar refractivity (Wildman–Crippen MR) is 128 cm³/mol. The summed E-state index contributed by atoms with van der Waals surface area (Å²) in [6.45, 7) is 0. The van der Waals surface area contributed by atoms with Gasteiger partial charge in [-0.1, -0.05) is 78.9 Å². The summed E-state index contributed by atoms with van der Waals surface area (Å²) in [6, 6.07) is 32.8. The van der Waals surface area contributed by atoms with Crippen molar-refractivity contribution >= 4 is 35.3 Å². The molecule has 1 unspecified atom stereocenters. The molecule has 0 amide bonds. The Balaban J connectivity index is 1.43. The number of thioether (sulfide) groups is 3. The highest BCUT2D eigenvalue weighted by molar-refractivity contribution is 8.17. The zero-order valence-corrected chi connectivity index (χ0v) is 18.4. The molecule has 1 aliphatic carbocycles. The van der Waals surface area contributed by atoms with E-state index in [1.807, 2.05) is 0 Å². The summed E-state index contributed by atoms with van der Waals surface area (Å²) >= 11 is 6.41. The Hall–Kier alpha value is -1.29. The van der Waals surface area contributed by atoms with Gasteiger partial charge in [0, 0.05) is 21.7 Å². The SMILES string of the molecule is c1ccc(CSC2(SCc3ccccc3)CCC(Sc3ccccc3)C2)cc1. The van der Waals surface area contributed by atoms with Crippen LogP contribution in [0.5, 0.6) is 0 Å². The molecule has 144 valence electrons. The smallest absolute Gasteiger partial charge is 0.0628 e. The van der Waals surface area contributed by atoms with Crippen LogP contribution in [0, 0.1) is 0 Å². The standard InChI is InChI=1S/C25H26S3/c1-4-10-21(11-5-1)19-26-25(27-20-22-12-6-2-7-13-22)17-16-24(18-25)28-23-14-8-3-9-15-23/h1-15,24H,16-20H2. The Morgan fingerprint density at radius 1 is 0.679 bits per heavy atom. The fourth-order valence-corrected chi connectivity index (χ4v) is 8.21. The van der Waals surface area contributed by atoms with E-state index in [1.54, 1.807) is 0 Å². The van der Waals surface area contributed by atoms with Crippen LogP contribution in [0.2, 0.25) is 0 Å². The average Bonchev–Trinajstić information content (AvgIpc) is 3.16. The van der Waals surface area contributed by atoms with Gasteiger partial charge in [-0.25, -0.2) is 0 Å². The third-order valence-electron chi connectivity index (χ3n) is 5.12. The fraction of sp³-hybridized carbons (Fsp3) is 0.280. The van der Waals surface area contributed by atoms with E-state index in [2.05, 4.69) is 126 Å². The van der Waals surface area contributed by atoms with Crippen LogP contribution in [0.25, 0.3) is 0 Å². The minimum Gasteiger partial charge on any atom is -0.139 e. The molecule has 3 aromatic rings. The highest BCUT2D eigenvalue weighted by Gasteiger charge is 2.40. The van der Waals surface area contributed by atoms with Crippen molar-refractivity contribution in [3.05, 3.63) is 102 Å². The highest BCUT2D eigenvalue weighted by Crippen LogP contribution is 2.55. The quantitative estimate of drug-likeness (QED) is 0.339. The molecule has 0 saturated heterocycles. The first-order valence-electron chi connectivity index (χ1n) is 9.89. The summed E-state index contributed by atoms with van der Waals surface area (Å²) in [4.78, 5) is 1.41. The van der Waals surface area contributed by atoms with Gasteiger partial charge in [-0.15, -0.1) is 35.3 Å². The van der Waals surface area contributed by atoms with Crippen molar-refractivity contribution in [2.24, 2.45) is 0 Å². The lowest BCUT2D eigenvalue weighted by molar-refractivity contribution is 0.841. The zero-order chi connectivity index (χ0) is 19.1. The third kappa shape index (κ3) is 5.62. The van der Waals surface area contributed by atoms with E-state index < -0.39 is 0 Å². The van der Waals surface area contributed by atoms with Gasteiger partial charge >= 0.3 is 0 Å². The zero-order valence-electron chi connectivity index (χ0n) is 16.0. The molecular formula is C25H26S3. The lowest BCUT2D eigenvalue weighted by Crippen LogP contribution is -2.17. The summed E-state index contributed by atoms with van der Waals surface area (Å²) in [6.07, 6.45) is 3.89. The summed E-state index contributed by atoms with van der Waals surface area (Å²) in [5.74, 6) is 2.21. The summed E-state index contributed by atoms with van der Waals surface area (Å²) < 4.78 is 0.318. The van der Waals surface area contributed by atoms with E-state index in [9.17, 15) is 0 Å². The maximum absolute atomic E-state index is 2.26. The third-order valence-corrected chi connectivity index (χ3v) is 9.86. The Morgan fingerprint density at radius 2 is 1.18 bits per heavy atom. The van der Waals surface area contributed by atoms with Crippen LogP contribution >= 0.6 is 35.3 Å². The van der Waals surface area contributed by atoms with Crippen LogP contribution in [0.3, 0.4) is 0 Å². The van der Waals surface area contributed by atoms with Crippen LogP contribution in [-0.4, -0.2) is 9.33 Å². The van der Waals surface area contributed by atoms with Crippen molar-refractivity contribution in [3.63, 3.8) is 0 Å². The van der Waals surface area contributed by atoms with Gasteiger partial charge in [0.05, 0.1) is 4.08 Å². The van der Waals surface area contributed by atoms with Gasteiger partial charge < -0.3 is 0 Å². The number of hydrogen-bond acceptors (Lipinski definition) is 3. The second-order valence-electron chi connectivity index (χ2n) is 7.25. The summed E-state index contributed by atoms with van der Waals surface area (Å²) in [5, 5.41) is 0.717. The molecule has 0 radical (unpaired) electrons. The molecule has 1 aliphatic rings. The first kappa shape index (κ1) is 20.0. The Bertz CT molecular complexity index is 790.